The largest absolute Gasteiger partial charge is 0.361 e. The molecule has 0 aliphatic carbocycles. The third-order valence-corrected chi connectivity index (χ3v) is 3.91. The maximum absolute atomic E-state index is 12.4. The molecule has 0 aromatic heterocycles. The molecule has 102 valence electrons. The molecule has 1 heterocycles. The number of aryl methyl sites for hydroxylation is 3. The number of nitrogens with one attached hydrogen (secondary N) is 2. The number of rotatable bonds is 1. The van der Waals surface area contributed by atoms with Crippen molar-refractivity contribution in [3.63, 3.8) is 0 Å². The summed E-state index contributed by atoms with van der Waals surface area (Å²) < 4.78 is 0. The molecular weight excluding hydrogens is 248 g/mol. The van der Waals surface area contributed by atoms with Crippen LogP contribution in [0.1, 0.15) is 38.8 Å². The van der Waals surface area contributed by atoms with Crippen molar-refractivity contribution in [3.8, 4) is 0 Å². The van der Waals surface area contributed by atoms with Crippen molar-refractivity contribution in [1.82, 2.24) is 5.32 Å². The summed E-state index contributed by atoms with van der Waals surface area (Å²) in [6, 6.07) is 12.1. The summed E-state index contributed by atoms with van der Waals surface area (Å²) in [4.78, 5) is 12.4. The summed E-state index contributed by atoms with van der Waals surface area (Å²) in [6.07, 6.45) is -0.169. The Hall–Kier alpha value is -2.29. The maximum atomic E-state index is 12.4. The molecule has 0 radical (unpaired) electrons. The molecule has 1 amide bonds. The molecule has 3 heteroatoms. The van der Waals surface area contributed by atoms with Gasteiger partial charge in [0.05, 0.1) is 5.56 Å². The van der Waals surface area contributed by atoms with Gasteiger partial charge < -0.3 is 10.6 Å². The van der Waals surface area contributed by atoms with Crippen molar-refractivity contribution in [1.29, 1.82) is 0 Å². The predicted molar refractivity (Wildman–Crippen MR) is 80.9 cm³/mol. The van der Waals surface area contributed by atoms with E-state index in [1.54, 1.807) is 0 Å². The topological polar surface area (TPSA) is 41.1 Å². The second-order valence-electron chi connectivity index (χ2n) is 5.35. The predicted octanol–water partition coefficient (Wildman–Crippen LogP) is 3.47. The Morgan fingerprint density at radius 2 is 1.45 bits per heavy atom. The molecule has 3 rings (SSSR count). The van der Waals surface area contributed by atoms with E-state index in [9.17, 15) is 4.79 Å². The molecule has 0 saturated heterocycles. The Morgan fingerprint density at radius 1 is 0.850 bits per heavy atom. The third kappa shape index (κ3) is 1.95. The van der Waals surface area contributed by atoms with Gasteiger partial charge in [0.15, 0.2) is 0 Å². The zero-order chi connectivity index (χ0) is 14.3. The molecule has 0 spiro atoms. The number of fused-ring (bicyclic) bond motifs is 1. The van der Waals surface area contributed by atoms with Crippen LogP contribution < -0.4 is 10.6 Å². The molecular formula is C17H18N2O. The van der Waals surface area contributed by atoms with E-state index in [1.165, 1.54) is 11.1 Å². The van der Waals surface area contributed by atoms with Crippen molar-refractivity contribution < 1.29 is 4.79 Å². The van der Waals surface area contributed by atoms with Gasteiger partial charge in [-0.2, -0.15) is 0 Å². The quantitative estimate of drug-likeness (QED) is 0.830. The number of amides is 1. The fraction of sp³-hybridized carbons (Fsp3) is 0.235. The lowest BCUT2D eigenvalue weighted by atomic mass is 9.96. The minimum absolute atomic E-state index is 0.00972. The Morgan fingerprint density at radius 3 is 2.15 bits per heavy atom. The van der Waals surface area contributed by atoms with E-state index in [0.717, 1.165) is 22.4 Å². The van der Waals surface area contributed by atoms with E-state index in [4.69, 9.17) is 0 Å². The highest BCUT2D eigenvalue weighted by Crippen LogP contribution is 2.31. The second-order valence-corrected chi connectivity index (χ2v) is 5.35. The molecule has 1 atom stereocenters. The molecule has 20 heavy (non-hydrogen) atoms. The normalized spacial score (nSPS) is 17.1. The van der Waals surface area contributed by atoms with Crippen LogP contribution in [0.4, 0.5) is 5.69 Å². The third-order valence-electron chi connectivity index (χ3n) is 3.91. The van der Waals surface area contributed by atoms with Crippen LogP contribution in [0.3, 0.4) is 0 Å². The zero-order valence-corrected chi connectivity index (χ0v) is 11.9. The van der Waals surface area contributed by atoms with Crippen LogP contribution in [0, 0.1) is 20.8 Å². The van der Waals surface area contributed by atoms with Crippen molar-refractivity contribution in [2.45, 2.75) is 26.9 Å². The second kappa shape index (κ2) is 4.67. The Labute approximate surface area is 119 Å². The molecule has 1 aliphatic rings. The van der Waals surface area contributed by atoms with Gasteiger partial charge in [-0.05, 0) is 43.5 Å². The molecule has 2 aromatic rings. The van der Waals surface area contributed by atoms with E-state index in [1.807, 2.05) is 31.2 Å². The fourth-order valence-electron chi connectivity index (χ4n) is 2.91. The maximum Gasteiger partial charge on any atom is 0.255 e. The lowest BCUT2D eigenvalue weighted by Gasteiger charge is -2.31. The van der Waals surface area contributed by atoms with Crippen LogP contribution in [-0.4, -0.2) is 5.91 Å². The lowest BCUT2D eigenvalue weighted by Crippen LogP contribution is -2.39. The molecule has 0 bridgehead atoms. The summed E-state index contributed by atoms with van der Waals surface area (Å²) in [5.74, 6) is -0.00972. The number of hydrogen-bond acceptors (Lipinski definition) is 2. The Kier molecular flexibility index (Phi) is 2.97. The number of carbonyl (C=O) groups excluding carboxylic acids is 1. The zero-order valence-electron chi connectivity index (χ0n) is 11.9. The van der Waals surface area contributed by atoms with Crippen LogP contribution in [0.5, 0.6) is 0 Å². The van der Waals surface area contributed by atoms with Crippen LogP contribution >= 0.6 is 0 Å². The molecule has 3 nitrogen and oxygen atoms in total. The fourth-order valence-corrected chi connectivity index (χ4v) is 2.91. The van der Waals surface area contributed by atoms with Crippen LogP contribution in [0.25, 0.3) is 0 Å². The number of benzene rings is 2. The highest BCUT2D eigenvalue weighted by Gasteiger charge is 2.27. The summed E-state index contributed by atoms with van der Waals surface area (Å²) in [7, 11) is 0. The van der Waals surface area contributed by atoms with Gasteiger partial charge in [0.25, 0.3) is 5.91 Å². The first-order chi connectivity index (χ1) is 9.58. The van der Waals surface area contributed by atoms with Gasteiger partial charge in [-0.25, -0.2) is 0 Å². The first kappa shape index (κ1) is 12.7. The number of hydrogen-bond donors (Lipinski definition) is 2. The smallest absolute Gasteiger partial charge is 0.255 e. The number of anilines is 1. The summed E-state index contributed by atoms with van der Waals surface area (Å²) >= 11 is 0. The summed E-state index contributed by atoms with van der Waals surface area (Å²) in [5.41, 5.74) is 6.15. The standard InChI is InChI=1S/C17H18N2O/c1-10-6-4-7-11(2)14(10)16-18-13-9-5-8-12(3)15(13)17(20)19-16/h4-9,16,18H,1-3H3,(H,19,20). The molecule has 1 aliphatic heterocycles. The summed E-state index contributed by atoms with van der Waals surface area (Å²) in [6.45, 7) is 6.10. The first-order valence-electron chi connectivity index (χ1n) is 6.81. The summed E-state index contributed by atoms with van der Waals surface area (Å²) in [5, 5.41) is 6.50. The van der Waals surface area contributed by atoms with Crippen molar-refractivity contribution in [2.24, 2.45) is 0 Å². The SMILES string of the molecule is Cc1cccc2c1C(=O)NC(c1c(C)cccc1C)N2. The van der Waals surface area contributed by atoms with E-state index in [-0.39, 0.29) is 12.1 Å². The van der Waals surface area contributed by atoms with E-state index >= 15 is 0 Å². The van der Waals surface area contributed by atoms with Crippen LogP contribution in [0.2, 0.25) is 0 Å². The Balaban J connectivity index is 2.06. The molecule has 2 aromatic carbocycles. The van der Waals surface area contributed by atoms with Gasteiger partial charge in [0, 0.05) is 11.3 Å². The average molecular weight is 266 g/mol. The number of carbonyl (C=O) groups is 1. The van der Waals surface area contributed by atoms with Crippen molar-refractivity contribution >= 4 is 11.6 Å². The molecule has 0 saturated carbocycles. The van der Waals surface area contributed by atoms with E-state index in [2.05, 4.69) is 36.6 Å². The molecule has 0 fully saturated rings. The minimum atomic E-state index is -0.169. The van der Waals surface area contributed by atoms with Gasteiger partial charge in [0.2, 0.25) is 0 Å². The van der Waals surface area contributed by atoms with Gasteiger partial charge in [-0.3, -0.25) is 4.79 Å². The lowest BCUT2D eigenvalue weighted by molar-refractivity contribution is 0.0935. The Bertz CT molecular complexity index is 671. The van der Waals surface area contributed by atoms with E-state index in [0.29, 0.717) is 0 Å². The highest BCUT2D eigenvalue weighted by atomic mass is 16.2. The van der Waals surface area contributed by atoms with Gasteiger partial charge in [-0.1, -0.05) is 30.3 Å². The van der Waals surface area contributed by atoms with E-state index < -0.39 is 0 Å². The average Bonchev–Trinajstić information content (AvgIpc) is 2.38. The van der Waals surface area contributed by atoms with Gasteiger partial charge in [0.1, 0.15) is 6.17 Å². The monoisotopic (exact) mass is 266 g/mol. The van der Waals surface area contributed by atoms with Crippen molar-refractivity contribution in [2.75, 3.05) is 5.32 Å². The molecule has 1 unspecified atom stereocenters. The molecule has 2 N–H and O–H groups in total. The van der Waals surface area contributed by atoms with Crippen molar-refractivity contribution in [3.05, 3.63) is 64.2 Å². The highest BCUT2D eigenvalue weighted by molar-refractivity contribution is 6.03. The van der Waals surface area contributed by atoms with Gasteiger partial charge >= 0.3 is 0 Å². The minimum Gasteiger partial charge on any atom is -0.361 e. The van der Waals surface area contributed by atoms with Gasteiger partial charge in [-0.15, -0.1) is 0 Å². The van der Waals surface area contributed by atoms with Crippen LogP contribution in [-0.2, 0) is 0 Å². The first-order valence-corrected chi connectivity index (χ1v) is 6.81. The van der Waals surface area contributed by atoms with Crippen LogP contribution in [0.15, 0.2) is 36.4 Å².